The number of amides is 1. The Morgan fingerprint density at radius 3 is 3.00 bits per heavy atom. The molecule has 1 unspecified atom stereocenters. The van der Waals surface area contributed by atoms with E-state index in [-0.39, 0.29) is 6.42 Å². The second kappa shape index (κ2) is 5.35. The molecule has 1 aliphatic heterocycles. The first-order valence-corrected chi connectivity index (χ1v) is 5.67. The number of para-hydroxylation sites is 1. The lowest BCUT2D eigenvalue weighted by Crippen LogP contribution is -2.36. The van der Waals surface area contributed by atoms with Crippen molar-refractivity contribution < 1.29 is 14.7 Å². The molecule has 1 aromatic carbocycles. The third kappa shape index (κ3) is 2.51. The van der Waals surface area contributed by atoms with E-state index >= 15 is 0 Å². The molecule has 1 heterocycles. The number of hydrogen-bond acceptors (Lipinski definition) is 3. The summed E-state index contributed by atoms with van der Waals surface area (Å²) in [6.45, 7) is 0.666. The molecule has 1 aromatic rings. The Morgan fingerprint density at radius 1 is 1.50 bits per heavy atom. The van der Waals surface area contributed by atoms with Crippen molar-refractivity contribution in [1.82, 2.24) is 5.32 Å². The van der Waals surface area contributed by atoms with E-state index in [0.29, 0.717) is 13.0 Å². The molecule has 1 aliphatic rings. The van der Waals surface area contributed by atoms with Gasteiger partial charge in [0.15, 0.2) is 0 Å². The first kappa shape index (κ1) is 12.2. The van der Waals surface area contributed by atoms with Crippen LogP contribution in [-0.2, 0) is 9.59 Å². The van der Waals surface area contributed by atoms with E-state index in [1.165, 1.54) is 0 Å². The largest absolute Gasteiger partial charge is 0.480 e. The van der Waals surface area contributed by atoms with Gasteiger partial charge in [0.05, 0.1) is 0 Å². The number of aliphatic carboxylic acids is 1. The topological polar surface area (TPSA) is 78.4 Å². The maximum absolute atomic E-state index is 11.0. The SMILES string of the molecule is O=CNC(CC1=CCNc2ccccc21)C(=O)O. The standard InChI is InChI=1S/C13H14N2O3/c16-8-15-12(13(17)18)7-9-5-6-14-11-4-2-1-3-10(9)11/h1-5,8,12,14H,6-7H2,(H,15,16)(H,17,18). The van der Waals surface area contributed by atoms with E-state index in [1.54, 1.807) is 0 Å². The molecule has 0 radical (unpaired) electrons. The van der Waals surface area contributed by atoms with E-state index in [0.717, 1.165) is 16.8 Å². The first-order valence-electron chi connectivity index (χ1n) is 5.67. The molecule has 0 spiro atoms. The van der Waals surface area contributed by atoms with Gasteiger partial charge in [0.2, 0.25) is 6.41 Å². The molecule has 94 valence electrons. The van der Waals surface area contributed by atoms with E-state index in [4.69, 9.17) is 5.11 Å². The van der Waals surface area contributed by atoms with Gasteiger partial charge in [0.25, 0.3) is 0 Å². The minimum atomic E-state index is -1.03. The monoisotopic (exact) mass is 246 g/mol. The Bertz CT molecular complexity index is 497. The molecule has 5 nitrogen and oxygen atoms in total. The van der Waals surface area contributed by atoms with Crippen LogP contribution in [0.3, 0.4) is 0 Å². The van der Waals surface area contributed by atoms with E-state index < -0.39 is 12.0 Å². The summed E-state index contributed by atoms with van der Waals surface area (Å²) >= 11 is 0. The number of carbonyl (C=O) groups is 2. The van der Waals surface area contributed by atoms with Crippen molar-refractivity contribution >= 4 is 23.6 Å². The Morgan fingerprint density at radius 2 is 2.28 bits per heavy atom. The van der Waals surface area contributed by atoms with Crippen molar-refractivity contribution in [3.05, 3.63) is 35.9 Å². The predicted molar refractivity (Wildman–Crippen MR) is 68.1 cm³/mol. The summed E-state index contributed by atoms with van der Waals surface area (Å²) in [6.07, 6.45) is 2.66. The zero-order valence-corrected chi connectivity index (χ0v) is 9.72. The minimum absolute atomic E-state index is 0.284. The van der Waals surface area contributed by atoms with Gasteiger partial charge >= 0.3 is 5.97 Å². The zero-order valence-electron chi connectivity index (χ0n) is 9.72. The van der Waals surface area contributed by atoms with Gasteiger partial charge < -0.3 is 15.7 Å². The van der Waals surface area contributed by atoms with Crippen LogP contribution in [0.25, 0.3) is 5.57 Å². The van der Waals surface area contributed by atoms with Crippen molar-refractivity contribution in [2.45, 2.75) is 12.5 Å². The third-order valence-electron chi connectivity index (χ3n) is 2.91. The van der Waals surface area contributed by atoms with Gasteiger partial charge in [-0.25, -0.2) is 4.79 Å². The van der Waals surface area contributed by atoms with Crippen molar-refractivity contribution in [2.75, 3.05) is 11.9 Å². The van der Waals surface area contributed by atoms with Gasteiger partial charge in [-0.3, -0.25) is 4.79 Å². The Balaban J connectivity index is 2.21. The number of hydrogen-bond donors (Lipinski definition) is 3. The average molecular weight is 246 g/mol. The number of fused-ring (bicyclic) bond motifs is 1. The van der Waals surface area contributed by atoms with E-state index in [9.17, 15) is 9.59 Å². The highest BCUT2D eigenvalue weighted by Gasteiger charge is 2.21. The smallest absolute Gasteiger partial charge is 0.326 e. The highest BCUT2D eigenvalue weighted by atomic mass is 16.4. The molecular weight excluding hydrogens is 232 g/mol. The van der Waals surface area contributed by atoms with Crippen LogP contribution >= 0.6 is 0 Å². The molecule has 0 bridgehead atoms. The maximum Gasteiger partial charge on any atom is 0.326 e. The number of nitrogens with one attached hydrogen (secondary N) is 2. The van der Waals surface area contributed by atoms with Crippen molar-refractivity contribution in [2.24, 2.45) is 0 Å². The van der Waals surface area contributed by atoms with Gasteiger partial charge in [-0.2, -0.15) is 0 Å². The summed E-state index contributed by atoms with van der Waals surface area (Å²) in [5.41, 5.74) is 2.92. The van der Waals surface area contributed by atoms with Crippen molar-refractivity contribution in [3.63, 3.8) is 0 Å². The minimum Gasteiger partial charge on any atom is -0.480 e. The van der Waals surface area contributed by atoms with E-state index in [1.807, 2.05) is 30.3 Å². The molecular formula is C13H14N2O3. The highest BCUT2D eigenvalue weighted by Crippen LogP contribution is 2.30. The number of anilines is 1. The van der Waals surface area contributed by atoms with Gasteiger partial charge in [-0.15, -0.1) is 0 Å². The van der Waals surface area contributed by atoms with Crippen LogP contribution in [0.5, 0.6) is 0 Å². The number of carboxylic acid groups (broad SMARTS) is 1. The molecule has 0 aliphatic carbocycles. The molecule has 2 rings (SSSR count). The summed E-state index contributed by atoms with van der Waals surface area (Å²) in [5.74, 6) is -1.03. The molecule has 0 fully saturated rings. The lowest BCUT2D eigenvalue weighted by molar-refractivity contribution is -0.140. The van der Waals surface area contributed by atoms with Gasteiger partial charge in [-0.1, -0.05) is 24.3 Å². The van der Waals surface area contributed by atoms with Crippen LogP contribution in [0, 0.1) is 0 Å². The molecule has 1 atom stereocenters. The Hall–Kier alpha value is -2.30. The highest BCUT2D eigenvalue weighted by molar-refractivity contribution is 5.84. The lowest BCUT2D eigenvalue weighted by Gasteiger charge is -2.21. The Labute approximate surface area is 105 Å². The van der Waals surface area contributed by atoms with Crippen LogP contribution in [0.15, 0.2) is 30.3 Å². The van der Waals surface area contributed by atoms with Gasteiger partial charge in [-0.05, 0) is 11.6 Å². The second-order valence-corrected chi connectivity index (χ2v) is 4.04. The van der Waals surface area contributed by atoms with Gasteiger partial charge in [0.1, 0.15) is 6.04 Å². The second-order valence-electron chi connectivity index (χ2n) is 4.04. The van der Waals surface area contributed by atoms with Crippen LogP contribution in [-0.4, -0.2) is 30.1 Å². The van der Waals surface area contributed by atoms with E-state index in [2.05, 4.69) is 10.6 Å². The average Bonchev–Trinajstić information content (AvgIpc) is 2.38. The quantitative estimate of drug-likeness (QED) is 0.679. The molecule has 0 aromatic heterocycles. The lowest BCUT2D eigenvalue weighted by atomic mass is 9.94. The van der Waals surface area contributed by atoms with Crippen LogP contribution < -0.4 is 10.6 Å². The third-order valence-corrected chi connectivity index (χ3v) is 2.91. The number of carboxylic acids is 1. The summed E-state index contributed by atoms with van der Waals surface area (Å²) < 4.78 is 0. The van der Waals surface area contributed by atoms with Crippen molar-refractivity contribution in [3.8, 4) is 0 Å². The summed E-state index contributed by atoms with van der Waals surface area (Å²) in [5, 5.41) is 14.6. The Kier molecular flexibility index (Phi) is 3.62. The molecule has 3 N–H and O–H groups in total. The fourth-order valence-corrected chi connectivity index (χ4v) is 2.02. The molecule has 1 amide bonds. The normalized spacial score (nSPS) is 14.8. The fourth-order valence-electron chi connectivity index (χ4n) is 2.02. The summed E-state index contributed by atoms with van der Waals surface area (Å²) in [7, 11) is 0. The molecule has 5 heteroatoms. The predicted octanol–water partition coefficient (Wildman–Crippen LogP) is 1.08. The fraction of sp³-hybridized carbons (Fsp3) is 0.231. The molecule has 0 saturated heterocycles. The van der Waals surface area contributed by atoms with Crippen molar-refractivity contribution in [1.29, 1.82) is 0 Å². The van der Waals surface area contributed by atoms with Crippen LogP contribution in [0.1, 0.15) is 12.0 Å². The number of carbonyl (C=O) groups excluding carboxylic acids is 1. The van der Waals surface area contributed by atoms with Crippen LogP contribution in [0.2, 0.25) is 0 Å². The first-order chi connectivity index (χ1) is 8.72. The summed E-state index contributed by atoms with van der Waals surface area (Å²) in [6, 6.07) is 6.83. The zero-order chi connectivity index (χ0) is 13.0. The number of benzene rings is 1. The number of rotatable bonds is 5. The van der Waals surface area contributed by atoms with Crippen LogP contribution in [0.4, 0.5) is 5.69 Å². The molecule has 0 saturated carbocycles. The summed E-state index contributed by atoms with van der Waals surface area (Å²) in [4.78, 5) is 21.4. The maximum atomic E-state index is 11.0. The molecule has 18 heavy (non-hydrogen) atoms. The van der Waals surface area contributed by atoms with Gasteiger partial charge in [0, 0.05) is 24.2 Å².